The smallest absolute Gasteiger partial charge is 0.270 e. The Morgan fingerprint density at radius 1 is 1.38 bits per heavy atom. The molecule has 7 nitrogen and oxygen atoms in total. The molecule has 0 unspecified atom stereocenters. The molecule has 0 spiro atoms. The molecule has 0 radical (unpaired) electrons. The van der Waals surface area contributed by atoms with Crippen molar-refractivity contribution >= 4 is 22.9 Å². The average molecular weight is 302 g/mol. The van der Waals surface area contributed by atoms with Crippen molar-refractivity contribution in [1.29, 1.82) is 0 Å². The van der Waals surface area contributed by atoms with Crippen LogP contribution < -0.4 is 10.9 Å². The highest BCUT2D eigenvalue weighted by molar-refractivity contribution is 7.14. The van der Waals surface area contributed by atoms with Gasteiger partial charge in [0, 0.05) is 12.3 Å². The molecule has 0 aliphatic rings. The standard InChI is InChI=1S/C13H10N4O3S/c1-7-15-13(20-17-7)11-9(4-5-21-11)16-12(19)8-2-3-10(18)14-6-8/h2-6H,1H3,(H,14,18)(H,16,19). The van der Waals surface area contributed by atoms with Gasteiger partial charge in [-0.15, -0.1) is 11.3 Å². The average Bonchev–Trinajstić information content (AvgIpc) is 3.08. The molecule has 0 bridgehead atoms. The minimum atomic E-state index is -0.331. The van der Waals surface area contributed by atoms with E-state index in [1.165, 1.54) is 29.7 Å². The number of amides is 1. The van der Waals surface area contributed by atoms with Crippen LogP contribution in [0.15, 0.2) is 39.1 Å². The quantitative estimate of drug-likeness (QED) is 0.771. The lowest BCUT2D eigenvalue weighted by atomic mass is 10.2. The topological polar surface area (TPSA) is 101 Å². The Morgan fingerprint density at radius 3 is 2.90 bits per heavy atom. The Bertz CT molecular complexity index is 828. The summed E-state index contributed by atoms with van der Waals surface area (Å²) < 4.78 is 5.10. The number of carbonyl (C=O) groups is 1. The van der Waals surface area contributed by atoms with E-state index in [1.54, 1.807) is 13.0 Å². The van der Waals surface area contributed by atoms with Gasteiger partial charge < -0.3 is 14.8 Å². The van der Waals surface area contributed by atoms with Crippen LogP contribution in [-0.4, -0.2) is 21.0 Å². The minimum absolute atomic E-state index is 0.260. The first kappa shape index (κ1) is 13.3. The fourth-order valence-corrected chi connectivity index (χ4v) is 2.48. The first-order chi connectivity index (χ1) is 10.1. The van der Waals surface area contributed by atoms with Crippen LogP contribution in [0.2, 0.25) is 0 Å². The van der Waals surface area contributed by atoms with Crippen molar-refractivity contribution in [2.24, 2.45) is 0 Å². The molecule has 3 aromatic rings. The van der Waals surface area contributed by atoms with Crippen molar-refractivity contribution in [1.82, 2.24) is 15.1 Å². The second kappa shape index (κ2) is 5.33. The highest BCUT2D eigenvalue weighted by Crippen LogP contribution is 2.32. The number of nitrogens with one attached hydrogen (secondary N) is 2. The number of aromatic amines is 1. The molecule has 21 heavy (non-hydrogen) atoms. The van der Waals surface area contributed by atoms with E-state index < -0.39 is 0 Å². The van der Waals surface area contributed by atoms with Crippen molar-refractivity contribution in [2.75, 3.05) is 5.32 Å². The second-order valence-corrected chi connectivity index (χ2v) is 5.12. The number of hydrogen-bond donors (Lipinski definition) is 2. The molecule has 0 aliphatic heterocycles. The molecule has 0 aromatic carbocycles. The number of aromatic nitrogens is 3. The number of H-pyrrole nitrogens is 1. The Morgan fingerprint density at radius 2 is 2.24 bits per heavy atom. The molecule has 0 saturated heterocycles. The van der Waals surface area contributed by atoms with Crippen molar-refractivity contribution < 1.29 is 9.32 Å². The lowest BCUT2D eigenvalue weighted by molar-refractivity contribution is 0.102. The van der Waals surface area contributed by atoms with Gasteiger partial charge in [-0.05, 0) is 24.4 Å². The maximum absolute atomic E-state index is 12.1. The van der Waals surface area contributed by atoms with Crippen LogP contribution >= 0.6 is 11.3 Å². The third kappa shape index (κ3) is 2.75. The Labute approximate surface area is 122 Å². The lowest BCUT2D eigenvalue weighted by Crippen LogP contribution is -2.14. The summed E-state index contributed by atoms with van der Waals surface area (Å²) >= 11 is 1.39. The van der Waals surface area contributed by atoms with E-state index in [9.17, 15) is 9.59 Å². The minimum Gasteiger partial charge on any atom is -0.333 e. The number of thiophene rings is 1. The van der Waals surface area contributed by atoms with Gasteiger partial charge >= 0.3 is 0 Å². The normalized spacial score (nSPS) is 10.5. The van der Waals surface area contributed by atoms with Crippen molar-refractivity contribution in [3.63, 3.8) is 0 Å². The third-order valence-corrected chi connectivity index (χ3v) is 3.58. The predicted octanol–water partition coefficient (Wildman–Crippen LogP) is 2.05. The molecule has 8 heteroatoms. The maximum Gasteiger partial charge on any atom is 0.270 e. The molecule has 0 saturated carbocycles. The highest BCUT2D eigenvalue weighted by atomic mass is 32.1. The summed E-state index contributed by atoms with van der Waals surface area (Å²) in [5.74, 6) is 0.553. The van der Waals surface area contributed by atoms with Gasteiger partial charge in [-0.1, -0.05) is 5.16 Å². The molecule has 3 aromatic heterocycles. The zero-order valence-corrected chi connectivity index (χ0v) is 11.7. The van der Waals surface area contributed by atoms with Gasteiger partial charge in [0.2, 0.25) is 5.56 Å². The summed E-state index contributed by atoms with van der Waals surface area (Å²) in [6, 6.07) is 4.50. The van der Waals surface area contributed by atoms with E-state index in [4.69, 9.17) is 4.52 Å². The van der Waals surface area contributed by atoms with Gasteiger partial charge in [0.15, 0.2) is 5.82 Å². The number of pyridine rings is 1. The summed E-state index contributed by atoms with van der Waals surface area (Å²) in [7, 11) is 0. The van der Waals surface area contributed by atoms with Crippen LogP contribution in [-0.2, 0) is 0 Å². The van der Waals surface area contributed by atoms with Crippen molar-refractivity contribution in [3.8, 4) is 10.8 Å². The second-order valence-electron chi connectivity index (χ2n) is 4.21. The number of hydrogen-bond acceptors (Lipinski definition) is 6. The van der Waals surface area contributed by atoms with Crippen LogP contribution in [0, 0.1) is 6.92 Å². The number of carbonyl (C=O) groups excluding carboxylic acids is 1. The first-order valence-electron chi connectivity index (χ1n) is 6.02. The van der Waals surface area contributed by atoms with E-state index in [0.29, 0.717) is 27.8 Å². The van der Waals surface area contributed by atoms with Crippen molar-refractivity contribution in [3.05, 3.63) is 51.5 Å². The lowest BCUT2D eigenvalue weighted by Gasteiger charge is -2.04. The monoisotopic (exact) mass is 302 g/mol. The van der Waals surface area contributed by atoms with E-state index >= 15 is 0 Å². The zero-order valence-electron chi connectivity index (χ0n) is 10.9. The number of aryl methyl sites for hydroxylation is 1. The van der Waals surface area contributed by atoms with Gasteiger partial charge in [0.05, 0.1) is 11.3 Å². The molecule has 0 aliphatic carbocycles. The molecule has 0 atom stereocenters. The van der Waals surface area contributed by atoms with E-state index in [0.717, 1.165) is 0 Å². The fourth-order valence-electron chi connectivity index (χ4n) is 1.71. The molecule has 3 heterocycles. The summed E-state index contributed by atoms with van der Waals surface area (Å²) in [6.07, 6.45) is 1.36. The van der Waals surface area contributed by atoms with Crippen LogP contribution in [0.1, 0.15) is 16.2 Å². The Balaban J connectivity index is 1.86. The van der Waals surface area contributed by atoms with Gasteiger partial charge in [-0.3, -0.25) is 9.59 Å². The van der Waals surface area contributed by atoms with E-state index in [-0.39, 0.29) is 11.5 Å². The van der Waals surface area contributed by atoms with Crippen LogP contribution in [0.5, 0.6) is 0 Å². The summed E-state index contributed by atoms with van der Waals surface area (Å²) in [5, 5.41) is 8.30. The zero-order chi connectivity index (χ0) is 14.8. The van der Waals surface area contributed by atoms with Gasteiger partial charge in [0.25, 0.3) is 11.8 Å². The molecule has 1 amide bonds. The summed E-state index contributed by atoms with van der Waals surface area (Å²) in [5.41, 5.74) is 0.678. The largest absolute Gasteiger partial charge is 0.333 e. The predicted molar refractivity (Wildman–Crippen MR) is 77.4 cm³/mol. The van der Waals surface area contributed by atoms with E-state index in [2.05, 4.69) is 20.4 Å². The number of nitrogens with zero attached hydrogens (tertiary/aromatic N) is 2. The van der Waals surface area contributed by atoms with Crippen LogP contribution in [0.3, 0.4) is 0 Å². The molecule has 3 rings (SSSR count). The Kier molecular flexibility index (Phi) is 3.36. The van der Waals surface area contributed by atoms with Gasteiger partial charge in [0.1, 0.15) is 4.88 Å². The fraction of sp³-hybridized carbons (Fsp3) is 0.0769. The van der Waals surface area contributed by atoms with Crippen LogP contribution in [0.4, 0.5) is 5.69 Å². The Hall–Kier alpha value is -2.74. The molecular formula is C13H10N4O3S. The van der Waals surface area contributed by atoms with Gasteiger partial charge in [-0.25, -0.2) is 0 Å². The summed E-state index contributed by atoms with van der Waals surface area (Å²) in [6.45, 7) is 1.72. The molecule has 0 fully saturated rings. The maximum atomic E-state index is 12.1. The SMILES string of the molecule is Cc1noc(-c2sccc2NC(=O)c2ccc(=O)[nH]c2)n1. The van der Waals surface area contributed by atoms with Crippen LogP contribution in [0.25, 0.3) is 10.8 Å². The summed E-state index contributed by atoms with van der Waals surface area (Å²) in [4.78, 5) is 30.4. The van der Waals surface area contributed by atoms with Gasteiger partial charge in [-0.2, -0.15) is 4.98 Å². The molecule has 106 valence electrons. The van der Waals surface area contributed by atoms with Crippen molar-refractivity contribution in [2.45, 2.75) is 6.92 Å². The number of anilines is 1. The third-order valence-electron chi connectivity index (χ3n) is 2.68. The first-order valence-corrected chi connectivity index (χ1v) is 6.90. The molecular weight excluding hydrogens is 292 g/mol. The van der Waals surface area contributed by atoms with E-state index in [1.807, 2.05) is 5.38 Å². The molecule has 2 N–H and O–H groups in total. The highest BCUT2D eigenvalue weighted by Gasteiger charge is 2.16. The number of rotatable bonds is 3.